The third-order valence-electron chi connectivity index (χ3n) is 1.68. The summed E-state index contributed by atoms with van der Waals surface area (Å²) in [5, 5.41) is 0. The van der Waals surface area contributed by atoms with Gasteiger partial charge in [0.1, 0.15) is 0 Å². The lowest BCUT2D eigenvalue weighted by Gasteiger charge is -2.14. The van der Waals surface area contributed by atoms with Crippen molar-refractivity contribution in [2.45, 2.75) is 19.0 Å². The number of halogens is 3. The molecule has 12 heavy (non-hydrogen) atoms. The van der Waals surface area contributed by atoms with Crippen LogP contribution < -0.4 is 0 Å². The molecule has 66 valence electrons. The van der Waals surface area contributed by atoms with Crippen LogP contribution in [0.2, 0.25) is 0 Å². The van der Waals surface area contributed by atoms with E-state index in [1.165, 1.54) is 24.5 Å². The summed E-state index contributed by atoms with van der Waals surface area (Å²) in [6.45, 7) is 1.12. The lowest BCUT2D eigenvalue weighted by molar-refractivity contribution is -0.146. The highest BCUT2D eigenvalue weighted by Crippen LogP contribution is 2.33. The normalized spacial score (nSPS) is 14.3. The highest BCUT2D eigenvalue weighted by molar-refractivity contribution is 5.15. The molecule has 0 spiro atoms. The number of nitrogens with zero attached hydrogens (tertiary/aromatic N) is 1. The maximum Gasteiger partial charge on any atom is 0.395 e. The molecule has 1 nitrogen and oxygen atoms in total. The van der Waals surface area contributed by atoms with Crippen LogP contribution in [0, 0.1) is 0 Å². The first-order valence-corrected chi connectivity index (χ1v) is 3.48. The van der Waals surface area contributed by atoms with Gasteiger partial charge in [0.2, 0.25) is 0 Å². The number of aromatic nitrogens is 1. The third kappa shape index (κ3) is 1.96. The minimum Gasteiger partial charge on any atom is -0.264 e. The number of hydrogen-bond acceptors (Lipinski definition) is 1. The van der Waals surface area contributed by atoms with Crippen LogP contribution in [0.3, 0.4) is 0 Å². The molecule has 1 aromatic rings. The Morgan fingerprint density at radius 2 is 2.08 bits per heavy atom. The Bertz CT molecular complexity index is 242. The lowest BCUT2D eigenvalue weighted by atomic mass is 10.0. The molecule has 1 atom stereocenters. The summed E-state index contributed by atoms with van der Waals surface area (Å²) in [7, 11) is 0. The first-order valence-electron chi connectivity index (χ1n) is 3.48. The van der Waals surface area contributed by atoms with Gasteiger partial charge in [-0.05, 0) is 18.6 Å². The monoisotopic (exact) mass is 175 g/mol. The minimum absolute atomic E-state index is 0.199. The summed E-state index contributed by atoms with van der Waals surface area (Å²) in [5.41, 5.74) is 0.199. The lowest BCUT2D eigenvalue weighted by Crippen LogP contribution is -2.17. The average Bonchev–Trinajstić information content (AvgIpc) is 2.03. The minimum atomic E-state index is -4.18. The van der Waals surface area contributed by atoms with E-state index < -0.39 is 12.1 Å². The van der Waals surface area contributed by atoms with E-state index in [4.69, 9.17) is 0 Å². The maximum absolute atomic E-state index is 12.1. The van der Waals surface area contributed by atoms with Crippen LogP contribution in [0.1, 0.15) is 18.4 Å². The van der Waals surface area contributed by atoms with Crippen molar-refractivity contribution in [3.8, 4) is 0 Å². The van der Waals surface area contributed by atoms with Gasteiger partial charge in [-0.15, -0.1) is 0 Å². The smallest absolute Gasteiger partial charge is 0.264 e. The van der Waals surface area contributed by atoms with Crippen LogP contribution in [0.4, 0.5) is 13.2 Å². The molecule has 0 aliphatic rings. The van der Waals surface area contributed by atoms with Gasteiger partial charge in [-0.3, -0.25) is 4.98 Å². The number of hydrogen-bond donors (Lipinski definition) is 0. The van der Waals surface area contributed by atoms with Crippen molar-refractivity contribution in [1.82, 2.24) is 4.98 Å². The van der Waals surface area contributed by atoms with Gasteiger partial charge in [-0.1, -0.05) is 6.07 Å². The SMILES string of the molecule is C[C@@H](c1cccnc1)C(F)(F)F. The first kappa shape index (κ1) is 9.03. The van der Waals surface area contributed by atoms with Gasteiger partial charge in [0.05, 0.1) is 5.92 Å². The number of pyridine rings is 1. The zero-order valence-electron chi connectivity index (χ0n) is 6.47. The maximum atomic E-state index is 12.1. The molecule has 1 aromatic heterocycles. The van der Waals surface area contributed by atoms with Crippen molar-refractivity contribution >= 4 is 0 Å². The van der Waals surface area contributed by atoms with Crippen molar-refractivity contribution in [1.29, 1.82) is 0 Å². The Hall–Kier alpha value is -1.06. The second-order valence-electron chi connectivity index (χ2n) is 2.55. The average molecular weight is 175 g/mol. The molecule has 0 unspecified atom stereocenters. The summed E-state index contributed by atoms with van der Waals surface area (Å²) in [6.07, 6.45) is -1.49. The molecule has 0 saturated heterocycles. The van der Waals surface area contributed by atoms with E-state index >= 15 is 0 Å². The van der Waals surface area contributed by atoms with Crippen molar-refractivity contribution < 1.29 is 13.2 Å². The van der Waals surface area contributed by atoms with Gasteiger partial charge in [0, 0.05) is 12.4 Å². The van der Waals surface area contributed by atoms with Gasteiger partial charge in [0.25, 0.3) is 0 Å². The van der Waals surface area contributed by atoms with Crippen molar-refractivity contribution in [2.75, 3.05) is 0 Å². The zero-order chi connectivity index (χ0) is 9.19. The van der Waals surface area contributed by atoms with Gasteiger partial charge >= 0.3 is 6.18 Å². The van der Waals surface area contributed by atoms with E-state index in [1.807, 2.05) is 0 Å². The van der Waals surface area contributed by atoms with Crippen LogP contribution in [-0.4, -0.2) is 11.2 Å². The van der Waals surface area contributed by atoms with Crippen LogP contribution in [0.25, 0.3) is 0 Å². The molecular formula is C8H8F3N. The van der Waals surface area contributed by atoms with E-state index in [-0.39, 0.29) is 5.56 Å². The van der Waals surface area contributed by atoms with Gasteiger partial charge in [-0.25, -0.2) is 0 Å². The second kappa shape index (κ2) is 3.13. The molecule has 0 fully saturated rings. The van der Waals surface area contributed by atoms with E-state index in [1.54, 1.807) is 0 Å². The number of alkyl halides is 3. The molecule has 0 aliphatic heterocycles. The van der Waals surface area contributed by atoms with Crippen LogP contribution in [0.15, 0.2) is 24.5 Å². The van der Waals surface area contributed by atoms with E-state index in [0.29, 0.717) is 0 Å². The molecule has 0 amide bonds. The number of rotatable bonds is 1. The Morgan fingerprint density at radius 1 is 1.42 bits per heavy atom. The van der Waals surface area contributed by atoms with Crippen LogP contribution in [0.5, 0.6) is 0 Å². The molecule has 0 saturated carbocycles. The van der Waals surface area contributed by atoms with E-state index in [0.717, 1.165) is 6.92 Å². The molecule has 0 N–H and O–H groups in total. The first-order chi connectivity index (χ1) is 5.52. The van der Waals surface area contributed by atoms with Crippen LogP contribution in [-0.2, 0) is 0 Å². The van der Waals surface area contributed by atoms with Gasteiger partial charge < -0.3 is 0 Å². The molecular weight excluding hydrogens is 167 g/mol. The molecule has 0 bridgehead atoms. The Kier molecular flexibility index (Phi) is 2.35. The summed E-state index contributed by atoms with van der Waals surface area (Å²) in [4.78, 5) is 3.62. The van der Waals surface area contributed by atoms with Gasteiger partial charge in [0.15, 0.2) is 0 Å². The Labute approximate surface area is 68.2 Å². The molecule has 0 radical (unpaired) electrons. The summed E-state index contributed by atoms with van der Waals surface area (Å²) in [5.74, 6) is -1.44. The molecule has 1 heterocycles. The van der Waals surface area contributed by atoms with E-state index in [2.05, 4.69) is 4.98 Å². The summed E-state index contributed by atoms with van der Waals surface area (Å²) >= 11 is 0. The van der Waals surface area contributed by atoms with E-state index in [9.17, 15) is 13.2 Å². The fourth-order valence-electron chi connectivity index (χ4n) is 0.821. The fraction of sp³-hybridized carbons (Fsp3) is 0.375. The second-order valence-corrected chi connectivity index (χ2v) is 2.55. The largest absolute Gasteiger partial charge is 0.395 e. The predicted octanol–water partition coefficient (Wildman–Crippen LogP) is 2.75. The Balaban J connectivity index is 2.86. The summed E-state index contributed by atoms with van der Waals surface area (Å²) < 4.78 is 36.3. The molecule has 0 aromatic carbocycles. The topological polar surface area (TPSA) is 12.9 Å². The van der Waals surface area contributed by atoms with Crippen molar-refractivity contribution in [3.63, 3.8) is 0 Å². The highest BCUT2D eigenvalue weighted by atomic mass is 19.4. The molecule has 0 aliphatic carbocycles. The Morgan fingerprint density at radius 3 is 2.50 bits per heavy atom. The third-order valence-corrected chi connectivity index (χ3v) is 1.68. The molecule has 1 rings (SSSR count). The van der Waals surface area contributed by atoms with Crippen molar-refractivity contribution in [2.24, 2.45) is 0 Å². The standard InChI is InChI=1S/C8H8F3N/c1-6(8(9,10)11)7-3-2-4-12-5-7/h2-6H,1H3/t6-/m0/s1. The highest BCUT2D eigenvalue weighted by Gasteiger charge is 2.36. The fourth-order valence-corrected chi connectivity index (χ4v) is 0.821. The molecule has 4 heteroatoms. The zero-order valence-corrected chi connectivity index (χ0v) is 6.47. The predicted molar refractivity (Wildman–Crippen MR) is 38.7 cm³/mol. The van der Waals surface area contributed by atoms with Crippen LogP contribution >= 0.6 is 0 Å². The van der Waals surface area contributed by atoms with Crippen molar-refractivity contribution in [3.05, 3.63) is 30.1 Å². The van der Waals surface area contributed by atoms with Gasteiger partial charge in [-0.2, -0.15) is 13.2 Å². The summed E-state index contributed by atoms with van der Waals surface area (Å²) in [6, 6.07) is 2.92. The quantitative estimate of drug-likeness (QED) is 0.639.